The molecular formula is C24H31Cl3N2O4Sn. The topological polar surface area (TPSA) is 86.3 Å². The number of hydrogen-bond acceptors (Lipinski definition) is 4. The van der Waals surface area contributed by atoms with E-state index in [1.54, 1.807) is 12.1 Å². The van der Waals surface area contributed by atoms with Crippen molar-refractivity contribution in [2.24, 2.45) is 0 Å². The zero-order valence-electron chi connectivity index (χ0n) is 19.4. The number of unbranched alkanes of at least 4 members (excludes halogenated alkanes) is 9. The van der Waals surface area contributed by atoms with Gasteiger partial charge in [0, 0.05) is 11.1 Å². The van der Waals surface area contributed by atoms with E-state index in [2.05, 4.69) is 6.92 Å². The molecule has 10 heteroatoms. The van der Waals surface area contributed by atoms with E-state index in [0.717, 1.165) is 3.58 Å². The van der Waals surface area contributed by atoms with Crippen molar-refractivity contribution in [2.75, 3.05) is 0 Å². The van der Waals surface area contributed by atoms with Gasteiger partial charge in [-0.3, -0.25) is 10.1 Å². The molecule has 34 heavy (non-hydrogen) atoms. The molecular weight excluding hydrogens is 605 g/mol. The van der Waals surface area contributed by atoms with Gasteiger partial charge in [-0.25, -0.2) is 0 Å². The van der Waals surface area contributed by atoms with Gasteiger partial charge in [0.1, 0.15) is 5.02 Å². The fraction of sp³-hybridized carbons (Fsp3) is 0.500. The summed E-state index contributed by atoms with van der Waals surface area (Å²) in [6.45, 7) is 2.25. The molecule has 0 aliphatic carbocycles. The Balaban J connectivity index is 0.000000437. The van der Waals surface area contributed by atoms with Crippen molar-refractivity contribution in [2.45, 2.75) is 75.6 Å². The molecule has 2 rings (SSSR count). The normalized spacial score (nSPS) is 10.5. The van der Waals surface area contributed by atoms with E-state index in [1.165, 1.54) is 86.8 Å². The minimum absolute atomic E-state index is 0.0579. The van der Waals surface area contributed by atoms with Crippen LogP contribution in [0.5, 0.6) is 0 Å². The number of nitrogens with zero attached hydrogens (tertiary/aromatic N) is 2. The van der Waals surface area contributed by atoms with Crippen LogP contribution in [-0.2, 0) is 0 Å². The second kappa shape index (κ2) is 18.2. The first-order chi connectivity index (χ1) is 16.3. The van der Waals surface area contributed by atoms with E-state index in [-0.39, 0.29) is 21.3 Å². The molecule has 2 aromatic carbocycles. The average molecular weight is 637 g/mol. The number of rotatable bonds is 14. The second-order valence-corrected chi connectivity index (χ2v) is 13.1. The van der Waals surface area contributed by atoms with Gasteiger partial charge in [-0.1, -0.05) is 23.2 Å². The van der Waals surface area contributed by atoms with Gasteiger partial charge >= 0.3 is 156 Å². The van der Waals surface area contributed by atoms with E-state index in [0.29, 0.717) is 10.0 Å². The largest absolute Gasteiger partial charge is 0.287 e. The van der Waals surface area contributed by atoms with Crippen LogP contribution in [0.4, 0.5) is 11.4 Å². The summed E-state index contributed by atoms with van der Waals surface area (Å²) in [4.78, 5) is 20.4. The van der Waals surface area contributed by atoms with Crippen LogP contribution in [0.25, 0.3) is 0 Å². The average Bonchev–Trinajstić information content (AvgIpc) is 2.77. The number of hydrogen-bond donors (Lipinski definition) is 0. The van der Waals surface area contributed by atoms with Gasteiger partial charge < -0.3 is 0 Å². The molecule has 0 N–H and O–H groups in total. The molecule has 0 atom stereocenters. The maximum Gasteiger partial charge on any atom is 0.287 e. The zero-order chi connectivity index (χ0) is 25.3. The van der Waals surface area contributed by atoms with Crippen LogP contribution in [0.1, 0.15) is 71.1 Å². The maximum absolute atomic E-state index is 11.0. The van der Waals surface area contributed by atoms with Gasteiger partial charge in [-0.15, -0.1) is 0 Å². The van der Waals surface area contributed by atoms with Gasteiger partial charge in [0.25, 0.3) is 5.69 Å². The Morgan fingerprint density at radius 1 is 0.706 bits per heavy atom. The van der Waals surface area contributed by atoms with E-state index in [1.807, 2.05) is 6.07 Å². The van der Waals surface area contributed by atoms with Crippen molar-refractivity contribution in [1.82, 2.24) is 0 Å². The van der Waals surface area contributed by atoms with Crippen LogP contribution in [0.2, 0.25) is 19.5 Å². The van der Waals surface area contributed by atoms with Crippen LogP contribution in [0, 0.1) is 20.2 Å². The first kappa shape index (κ1) is 30.9. The molecule has 6 nitrogen and oxygen atoms in total. The molecule has 0 saturated heterocycles. The summed E-state index contributed by atoms with van der Waals surface area (Å²) >= 11 is 16.1. The number of benzene rings is 2. The summed E-state index contributed by atoms with van der Waals surface area (Å²) in [6, 6.07) is 9.00. The quantitative estimate of drug-likeness (QED) is 0.0898. The summed E-state index contributed by atoms with van der Waals surface area (Å²) < 4.78 is 2.10. The molecule has 0 bridgehead atoms. The van der Waals surface area contributed by atoms with Crippen LogP contribution in [-0.4, -0.2) is 31.0 Å². The molecule has 0 spiro atoms. The Hall–Kier alpha value is -1.09. The summed E-state index contributed by atoms with van der Waals surface area (Å²) in [5.41, 5.74) is 0.143. The van der Waals surface area contributed by atoms with E-state index in [9.17, 15) is 20.2 Å². The smallest absolute Gasteiger partial charge is 0.258 e. The third-order valence-electron chi connectivity index (χ3n) is 5.11. The van der Waals surface area contributed by atoms with Gasteiger partial charge in [0.2, 0.25) is 0 Å². The van der Waals surface area contributed by atoms with Crippen molar-refractivity contribution in [3.8, 4) is 0 Å². The first-order valence-electron chi connectivity index (χ1n) is 11.5. The number of nitro benzene ring substituents is 2. The molecule has 186 valence electrons. The molecule has 0 heterocycles. The van der Waals surface area contributed by atoms with Crippen LogP contribution in [0.3, 0.4) is 0 Å². The van der Waals surface area contributed by atoms with Crippen LogP contribution < -0.4 is 3.58 Å². The molecule has 0 unspecified atom stereocenters. The van der Waals surface area contributed by atoms with Crippen molar-refractivity contribution >= 4 is 70.9 Å². The monoisotopic (exact) mass is 636 g/mol. The fourth-order valence-corrected chi connectivity index (χ4v) is 7.92. The fourth-order valence-electron chi connectivity index (χ4n) is 3.27. The third kappa shape index (κ3) is 13.1. The van der Waals surface area contributed by atoms with Crippen molar-refractivity contribution in [3.63, 3.8) is 0 Å². The van der Waals surface area contributed by atoms with Crippen molar-refractivity contribution in [1.29, 1.82) is 0 Å². The molecule has 0 saturated carbocycles. The summed E-state index contributed by atoms with van der Waals surface area (Å²) in [7, 11) is 0. The van der Waals surface area contributed by atoms with E-state index >= 15 is 0 Å². The van der Waals surface area contributed by atoms with Gasteiger partial charge in [-0.2, -0.15) is 0 Å². The number of halogens is 3. The Labute approximate surface area is 226 Å². The Morgan fingerprint density at radius 2 is 1.18 bits per heavy atom. The maximum atomic E-state index is 11.0. The Kier molecular flexibility index (Phi) is 16.6. The third-order valence-corrected chi connectivity index (χ3v) is 9.83. The molecule has 0 aliphatic heterocycles. The van der Waals surface area contributed by atoms with E-state index in [4.69, 9.17) is 34.8 Å². The van der Waals surface area contributed by atoms with Gasteiger partial charge in [0.15, 0.2) is 0 Å². The molecule has 0 fully saturated rings. The minimum atomic E-state index is -0.882. The molecule has 0 amide bonds. The summed E-state index contributed by atoms with van der Waals surface area (Å²) in [5.74, 6) is 0. The van der Waals surface area contributed by atoms with Crippen molar-refractivity contribution < 1.29 is 9.85 Å². The molecule has 2 aromatic rings. The predicted octanol–water partition coefficient (Wildman–Crippen LogP) is 8.82. The standard InChI is InChI=1S/C12H25.C6H3Cl2NO2.C6H3ClNO2.Sn/c1-3-5-7-9-11-12-10-8-6-4-2;7-4-1-2-6(9(10)11)5(8)3-4;7-5-1-3-6(4-2-5)8(9)10;/h1,3-12H2,2H3;1-3H;1-3H;. The second-order valence-electron chi connectivity index (χ2n) is 7.88. The van der Waals surface area contributed by atoms with E-state index < -0.39 is 26.1 Å². The van der Waals surface area contributed by atoms with Gasteiger partial charge in [0.05, 0.1) is 4.92 Å². The Bertz CT molecular complexity index is 916. The van der Waals surface area contributed by atoms with Gasteiger partial charge in [-0.05, 0) is 12.1 Å². The molecule has 0 aromatic heterocycles. The summed E-state index contributed by atoms with van der Waals surface area (Å²) in [5, 5.41) is 22.3. The minimum Gasteiger partial charge on any atom is -0.258 e. The number of nitro groups is 2. The Morgan fingerprint density at radius 3 is 1.68 bits per heavy atom. The molecule has 0 aliphatic rings. The molecule has 2 radical (unpaired) electrons. The first-order valence-corrected chi connectivity index (χ1v) is 16.1. The van der Waals surface area contributed by atoms with Crippen LogP contribution in [0.15, 0.2) is 36.4 Å². The van der Waals surface area contributed by atoms with Crippen molar-refractivity contribution in [3.05, 3.63) is 71.7 Å². The predicted molar refractivity (Wildman–Crippen MR) is 143 cm³/mol. The van der Waals surface area contributed by atoms with Crippen LogP contribution >= 0.6 is 34.8 Å². The SMILES string of the molecule is CCCCCCCCCCC[CH2][Sn][c]1cc(Cl)ccc1[N+](=O)[O-].O=[N+]([O-])c1ccc(Cl)cc1Cl. The zero-order valence-corrected chi connectivity index (χ0v) is 24.5. The summed E-state index contributed by atoms with van der Waals surface area (Å²) in [6.07, 6.45) is 13.4.